The number of benzene rings is 1. The second-order valence-electron chi connectivity index (χ2n) is 3.96. The second-order valence-corrected chi connectivity index (χ2v) is 3.96. The van der Waals surface area contributed by atoms with Crippen molar-refractivity contribution in [1.82, 2.24) is 4.98 Å². The zero-order chi connectivity index (χ0) is 13.7. The third-order valence-electron chi connectivity index (χ3n) is 2.61. The molecule has 0 radical (unpaired) electrons. The number of nitrogens with one attached hydrogen (secondary N) is 1. The second kappa shape index (κ2) is 5.74. The first-order valence-electron chi connectivity index (χ1n) is 5.76. The Kier molecular flexibility index (Phi) is 3.84. The molecule has 0 aliphatic rings. The molecule has 0 aliphatic heterocycles. The summed E-state index contributed by atoms with van der Waals surface area (Å²) in [5.74, 6) is 1.07. The Balaban J connectivity index is 2.08. The van der Waals surface area contributed by atoms with E-state index < -0.39 is 0 Å². The van der Waals surface area contributed by atoms with E-state index in [9.17, 15) is 0 Å². The van der Waals surface area contributed by atoms with Crippen molar-refractivity contribution in [3.63, 3.8) is 0 Å². The molecule has 0 aliphatic carbocycles. The molecule has 0 atom stereocenters. The molecule has 5 heteroatoms. The van der Waals surface area contributed by atoms with Crippen molar-refractivity contribution >= 4 is 11.5 Å². The average molecular weight is 254 g/mol. The van der Waals surface area contributed by atoms with Crippen molar-refractivity contribution in [2.45, 2.75) is 6.54 Å². The Labute approximate surface area is 111 Å². The Morgan fingerprint density at radius 1 is 1.37 bits per heavy atom. The van der Waals surface area contributed by atoms with Crippen LogP contribution in [0.4, 0.5) is 11.5 Å². The molecule has 0 amide bonds. The van der Waals surface area contributed by atoms with E-state index in [1.807, 2.05) is 18.2 Å². The van der Waals surface area contributed by atoms with E-state index in [0.717, 1.165) is 5.56 Å². The first kappa shape index (κ1) is 12.7. The molecule has 0 unspecified atom stereocenters. The zero-order valence-electron chi connectivity index (χ0n) is 10.6. The number of methoxy groups -OCH3 is 1. The lowest BCUT2D eigenvalue weighted by Crippen LogP contribution is -2.03. The molecular weight excluding hydrogens is 240 g/mol. The van der Waals surface area contributed by atoms with Crippen LogP contribution in [-0.4, -0.2) is 12.1 Å². The van der Waals surface area contributed by atoms with E-state index in [-0.39, 0.29) is 0 Å². The zero-order valence-corrected chi connectivity index (χ0v) is 10.6. The number of nitriles is 1. The number of rotatable bonds is 4. The van der Waals surface area contributed by atoms with E-state index in [2.05, 4.69) is 16.4 Å². The quantitative estimate of drug-likeness (QED) is 0.873. The van der Waals surface area contributed by atoms with E-state index in [0.29, 0.717) is 29.5 Å². The van der Waals surface area contributed by atoms with Gasteiger partial charge in [0, 0.05) is 6.54 Å². The molecule has 3 N–H and O–H groups in total. The third kappa shape index (κ3) is 3.13. The van der Waals surface area contributed by atoms with Gasteiger partial charge in [0.05, 0.1) is 24.4 Å². The monoisotopic (exact) mass is 254 g/mol. The van der Waals surface area contributed by atoms with Crippen LogP contribution < -0.4 is 15.8 Å². The Bertz CT molecular complexity index is 619. The number of nitrogen functional groups attached to an aromatic ring is 1. The van der Waals surface area contributed by atoms with Crippen molar-refractivity contribution in [1.29, 1.82) is 5.26 Å². The SMILES string of the molecule is COc1nc(NCc2cccc(C#N)c2)ccc1N. The van der Waals surface area contributed by atoms with Gasteiger partial charge in [0.15, 0.2) is 0 Å². The number of nitrogens with zero attached hydrogens (tertiary/aromatic N) is 2. The summed E-state index contributed by atoms with van der Waals surface area (Å²) in [5, 5.41) is 12.0. The van der Waals surface area contributed by atoms with Gasteiger partial charge in [-0.05, 0) is 29.8 Å². The minimum absolute atomic E-state index is 0.399. The van der Waals surface area contributed by atoms with Gasteiger partial charge in [0.25, 0.3) is 0 Å². The summed E-state index contributed by atoms with van der Waals surface area (Å²) in [5.41, 5.74) is 7.85. The fourth-order valence-corrected chi connectivity index (χ4v) is 1.66. The minimum atomic E-state index is 0.399. The van der Waals surface area contributed by atoms with Crippen LogP contribution in [0.15, 0.2) is 36.4 Å². The molecule has 96 valence electrons. The fourth-order valence-electron chi connectivity index (χ4n) is 1.66. The molecular formula is C14H14N4O. The third-order valence-corrected chi connectivity index (χ3v) is 2.61. The van der Waals surface area contributed by atoms with E-state index in [1.54, 1.807) is 18.2 Å². The molecule has 0 spiro atoms. The maximum atomic E-state index is 8.83. The van der Waals surface area contributed by atoms with Gasteiger partial charge >= 0.3 is 0 Å². The standard InChI is InChI=1S/C14H14N4O/c1-19-14-12(16)5-6-13(18-14)17-9-11-4-2-3-10(7-11)8-15/h2-7H,9,16H2,1H3,(H,17,18). The minimum Gasteiger partial charge on any atom is -0.479 e. The number of ether oxygens (including phenoxy) is 1. The first-order valence-corrected chi connectivity index (χ1v) is 5.76. The van der Waals surface area contributed by atoms with Crippen molar-refractivity contribution in [2.75, 3.05) is 18.2 Å². The number of hydrogen-bond donors (Lipinski definition) is 2. The van der Waals surface area contributed by atoms with Crippen LogP contribution in [0.1, 0.15) is 11.1 Å². The van der Waals surface area contributed by atoms with Gasteiger partial charge in [-0.1, -0.05) is 12.1 Å². The molecule has 0 bridgehead atoms. The summed E-state index contributed by atoms with van der Waals surface area (Å²) in [7, 11) is 1.53. The molecule has 5 nitrogen and oxygen atoms in total. The molecule has 1 aromatic heterocycles. The van der Waals surface area contributed by atoms with Gasteiger partial charge in [-0.25, -0.2) is 0 Å². The van der Waals surface area contributed by atoms with Crippen molar-refractivity contribution in [2.24, 2.45) is 0 Å². The lowest BCUT2D eigenvalue weighted by molar-refractivity contribution is 0.401. The number of aromatic nitrogens is 1. The van der Waals surface area contributed by atoms with Crippen LogP contribution in [0.5, 0.6) is 5.88 Å². The van der Waals surface area contributed by atoms with Gasteiger partial charge in [0.1, 0.15) is 5.82 Å². The highest BCUT2D eigenvalue weighted by Crippen LogP contribution is 2.20. The van der Waals surface area contributed by atoms with Crippen LogP contribution in [0.3, 0.4) is 0 Å². The highest BCUT2D eigenvalue weighted by molar-refractivity contribution is 5.53. The molecule has 0 fully saturated rings. The molecule has 2 aromatic rings. The van der Waals surface area contributed by atoms with E-state index >= 15 is 0 Å². The van der Waals surface area contributed by atoms with Crippen molar-refractivity contribution in [3.8, 4) is 11.9 Å². The maximum Gasteiger partial charge on any atom is 0.238 e. The smallest absolute Gasteiger partial charge is 0.238 e. The van der Waals surface area contributed by atoms with Crippen molar-refractivity contribution < 1.29 is 4.74 Å². The number of pyridine rings is 1. The molecule has 0 saturated heterocycles. The lowest BCUT2D eigenvalue weighted by atomic mass is 10.1. The molecule has 19 heavy (non-hydrogen) atoms. The van der Waals surface area contributed by atoms with E-state index in [1.165, 1.54) is 7.11 Å². The van der Waals surface area contributed by atoms with Gasteiger partial charge in [-0.2, -0.15) is 10.2 Å². The summed E-state index contributed by atoms with van der Waals surface area (Å²) in [6, 6.07) is 13.0. The number of nitrogens with two attached hydrogens (primary N) is 1. The van der Waals surface area contributed by atoms with Crippen LogP contribution in [0.25, 0.3) is 0 Å². The highest BCUT2D eigenvalue weighted by atomic mass is 16.5. The lowest BCUT2D eigenvalue weighted by Gasteiger charge is -2.08. The number of hydrogen-bond acceptors (Lipinski definition) is 5. The Morgan fingerprint density at radius 2 is 2.21 bits per heavy atom. The summed E-state index contributed by atoms with van der Waals surface area (Å²) in [4.78, 5) is 4.23. The summed E-state index contributed by atoms with van der Waals surface area (Å²) in [6.07, 6.45) is 0. The van der Waals surface area contributed by atoms with Crippen LogP contribution in [0.2, 0.25) is 0 Å². The molecule has 1 heterocycles. The highest BCUT2D eigenvalue weighted by Gasteiger charge is 2.03. The van der Waals surface area contributed by atoms with Gasteiger partial charge in [0.2, 0.25) is 5.88 Å². The average Bonchev–Trinajstić information content (AvgIpc) is 2.46. The number of anilines is 2. The van der Waals surface area contributed by atoms with Gasteiger partial charge in [-0.3, -0.25) is 0 Å². The largest absolute Gasteiger partial charge is 0.479 e. The molecule has 2 rings (SSSR count). The normalized spacial score (nSPS) is 9.68. The van der Waals surface area contributed by atoms with Gasteiger partial charge in [-0.15, -0.1) is 0 Å². The Hall–Kier alpha value is -2.74. The predicted molar refractivity (Wildman–Crippen MR) is 73.7 cm³/mol. The summed E-state index contributed by atoms with van der Waals surface area (Å²) >= 11 is 0. The summed E-state index contributed by atoms with van der Waals surface area (Å²) in [6.45, 7) is 0.579. The van der Waals surface area contributed by atoms with E-state index in [4.69, 9.17) is 15.7 Å². The molecule has 0 saturated carbocycles. The van der Waals surface area contributed by atoms with Gasteiger partial charge < -0.3 is 15.8 Å². The maximum absolute atomic E-state index is 8.83. The predicted octanol–water partition coefficient (Wildman–Crippen LogP) is 2.16. The fraction of sp³-hybridized carbons (Fsp3) is 0.143. The van der Waals surface area contributed by atoms with Crippen LogP contribution in [0, 0.1) is 11.3 Å². The topological polar surface area (TPSA) is 84.0 Å². The first-order chi connectivity index (χ1) is 9.22. The summed E-state index contributed by atoms with van der Waals surface area (Å²) < 4.78 is 5.06. The Morgan fingerprint density at radius 3 is 2.95 bits per heavy atom. The molecule has 1 aromatic carbocycles. The van der Waals surface area contributed by atoms with Crippen LogP contribution >= 0.6 is 0 Å². The van der Waals surface area contributed by atoms with Crippen LogP contribution in [-0.2, 0) is 6.54 Å². The van der Waals surface area contributed by atoms with Crippen molar-refractivity contribution in [3.05, 3.63) is 47.5 Å².